The Bertz CT molecular complexity index is 482. The summed E-state index contributed by atoms with van der Waals surface area (Å²) >= 11 is 0. The predicted octanol–water partition coefficient (Wildman–Crippen LogP) is 1.70. The third kappa shape index (κ3) is 4.07. The fourth-order valence-electron chi connectivity index (χ4n) is 1.79. The van der Waals surface area contributed by atoms with Crippen LogP contribution in [-0.2, 0) is 12.7 Å². The van der Waals surface area contributed by atoms with Crippen molar-refractivity contribution in [3.05, 3.63) is 23.8 Å². The molecule has 1 aliphatic carbocycles. The summed E-state index contributed by atoms with van der Waals surface area (Å²) in [6.45, 7) is 0.673. The van der Waals surface area contributed by atoms with Crippen molar-refractivity contribution in [2.45, 2.75) is 32.0 Å². The van der Waals surface area contributed by atoms with Gasteiger partial charge in [0.15, 0.2) is 5.96 Å². The lowest BCUT2D eigenvalue weighted by Crippen LogP contribution is -2.37. The minimum Gasteiger partial charge on any atom is -0.370 e. The molecule has 1 aliphatic rings. The van der Waals surface area contributed by atoms with Crippen molar-refractivity contribution in [2.75, 3.05) is 6.54 Å². The first-order valence-corrected chi connectivity index (χ1v) is 6.38. The molecule has 110 valence electrons. The molecule has 0 bridgehead atoms. The lowest BCUT2D eigenvalue weighted by molar-refractivity contribution is -0.141. The van der Waals surface area contributed by atoms with Crippen LogP contribution in [0.1, 0.15) is 30.8 Å². The Morgan fingerprint density at radius 3 is 2.80 bits per heavy atom. The van der Waals surface area contributed by atoms with E-state index in [9.17, 15) is 13.2 Å². The van der Waals surface area contributed by atoms with Gasteiger partial charge in [-0.1, -0.05) is 6.42 Å². The SMILES string of the molecule is NC(=NCc1nccc(C(F)(F)F)n1)NCC1CCC1. The molecule has 1 saturated carbocycles. The Morgan fingerprint density at radius 1 is 1.45 bits per heavy atom. The Labute approximate surface area is 114 Å². The highest BCUT2D eigenvalue weighted by Gasteiger charge is 2.32. The molecule has 0 unspecified atom stereocenters. The summed E-state index contributed by atoms with van der Waals surface area (Å²) in [4.78, 5) is 11.1. The number of nitrogens with zero attached hydrogens (tertiary/aromatic N) is 3. The largest absolute Gasteiger partial charge is 0.433 e. The molecule has 0 amide bonds. The number of hydrogen-bond acceptors (Lipinski definition) is 3. The number of alkyl halides is 3. The molecule has 1 fully saturated rings. The van der Waals surface area contributed by atoms with Crippen LogP contribution >= 0.6 is 0 Å². The van der Waals surface area contributed by atoms with Crippen LogP contribution in [0.4, 0.5) is 13.2 Å². The van der Waals surface area contributed by atoms with E-state index < -0.39 is 11.9 Å². The van der Waals surface area contributed by atoms with E-state index in [-0.39, 0.29) is 18.3 Å². The van der Waals surface area contributed by atoms with Gasteiger partial charge in [0.2, 0.25) is 0 Å². The smallest absolute Gasteiger partial charge is 0.370 e. The van der Waals surface area contributed by atoms with Crippen LogP contribution in [0.3, 0.4) is 0 Å². The van der Waals surface area contributed by atoms with Gasteiger partial charge in [-0.05, 0) is 24.8 Å². The highest BCUT2D eigenvalue weighted by atomic mass is 19.4. The first-order valence-electron chi connectivity index (χ1n) is 6.38. The van der Waals surface area contributed by atoms with E-state index in [0.29, 0.717) is 5.92 Å². The highest BCUT2D eigenvalue weighted by Crippen LogP contribution is 2.27. The van der Waals surface area contributed by atoms with Gasteiger partial charge in [-0.3, -0.25) is 0 Å². The maximum absolute atomic E-state index is 12.5. The van der Waals surface area contributed by atoms with Crippen LogP contribution in [0.2, 0.25) is 0 Å². The van der Waals surface area contributed by atoms with Crippen molar-refractivity contribution in [1.29, 1.82) is 0 Å². The second-order valence-electron chi connectivity index (χ2n) is 4.74. The average molecular weight is 287 g/mol. The van der Waals surface area contributed by atoms with Crippen LogP contribution < -0.4 is 11.1 Å². The van der Waals surface area contributed by atoms with Crippen molar-refractivity contribution in [2.24, 2.45) is 16.6 Å². The van der Waals surface area contributed by atoms with E-state index in [1.165, 1.54) is 19.3 Å². The topological polar surface area (TPSA) is 76.2 Å². The molecule has 0 aromatic carbocycles. The summed E-state index contributed by atoms with van der Waals surface area (Å²) in [6.07, 6.45) is 0.184. The average Bonchev–Trinajstić information content (AvgIpc) is 2.34. The van der Waals surface area contributed by atoms with E-state index >= 15 is 0 Å². The number of nitrogens with one attached hydrogen (secondary N) is 1. The van der Waals surface area contributed by atoms with Crippen LogP contribution in [0, 0.1) is 5.92 Å². The Kier molecular flexibility index (Phi) is 4.41. The first-order chi connectivity index (χ1) is 9.45. The van der Waals surface area contributed by atoms with Crippen LogP contribution in [-0.4, -0.2) is 22.5 Å². The summed E-state index contributed by atoms with van der Waals surface area (Å²) in [7, 11) is 0. The fourth-order valence-corrected chi connectivity index (χ4v) is 1.79. The monoisotopic (exact) mass is 287 g/mol. The zero-order chi connectivity index (χ0) is 14.6. The molecule has 5 nitrogen and oxygen atoms in total. The minimum absolute atomic E-state index is 0.00628. The maximum Gasteiger partial charge on any atom is 0.433 e. The second kappa shape index (κ2) is 6.06. The number of halogens is 3. The summed E-state index contributed by atoms with van der Waals surface area (Å²) in [5.74, 6) is 0.819. The third-order valence-electron chi connectivity index (χ3n) is 3.18. The van der Waals surface area contributed by atoms with Crippen molar-refractivity contribution >= 4 is 5.96 Å². The number of rotatable bonds is 4. The maximum atomic E-state index is 12.5. The zero-order valence-corrected chi connectivity index (χ0v) is 10.8. The number of guanidine groups is 1. The van der Waals surface area contributed by atoms with Crippen molar-refractivity contribution < 1.29 is 13.2 Å². The van der Waals surface area contributed by atoms with E-state index in [0.717, 1.165) is 18.8 Å². The molecule has 1 aromatic rings. The molecule has 0 atom stereocenters. The number of hydrogen-bond donors (Lipinski definition) is 2. The number of aliphatic imine (C=N–C) groups is 1. The molecule has 2 rings (SSSR count). The fraction of sp³-hybridized carbons (Fsp3) is 0.583. The lowest BCUT2D eigenvalue weighted by atomic mass is 9.85. The summed E-state index contributed by atoms with van der Waals surface area (Å²) in [5, 5.41) is 2.95. The van der Waals surface area contributed by atoms with E-state index in [1.807, 2.05) is 0 Å². The van der Waals surface area contributed by atoms with Gasteiger partial charge in [-0.15, -0.1) is 0 Å². The van der Waals surface area contributed by atoms with Gasteiger partial charge >= 0.3 is 6.18 Å². The zero-order valence-electron chi connectivity index (χ0n) is 10.8. The standard InChI is InChI=1S/C12H16F3N5/c13-12(14,15)9-4-5-17-10(20-9)7-19-11(16)18-6-8-2-1-3-8/h4-5,8H,1-3,6-7H2,(H3,16,18,19). The van der Waals surface area contributed by atoms with Crippen LogP contribution in [0.5, 0.6) is 0 Å². The molecule has 20 heavy (non-hydrogen) atoms. The van der Waals surface area contributed by atoms with Crippen LogP contribution in [0.25, 0.3) is 0 Å². The summed E-state index contributed by atoms with van der Waals surface area (Å²) in [6, 6.07) is 0.825. The van der Waals surface area contributed by atoms with Gasteiger partial charge < -0.3 is 11.1 Å². The van der Waals surface area contributed by atoms with Gasteiger partial charge in [-0.2, -0.15) is 13.2 Å². The third-order valence-corrected chi connectivity index (χ3v) is 3.18. The molecule has 3 N–H and O–H groups in total. The summed E-state index contributed by atoms with van der Waals surface area (Å²) < 4.78 is 37.4. The number of aromatic nitrogens is 2. The predicted molar refractivity (Wildman–Crippen MR) is 67.7 cm³/mol. The molecule has 0 aliphatic heterocycles. The van der Waals surface area contributed by atoms with Gasteiger partial charge in [-0.25, -0.2) is 15.0 Å². The van der Waals surface area contributed by atoms with E-state index in [4.69, 9.17) is 5.73 Å². The van der Waals surface area contributed by atoms with E-state index in [2.05, 4.69) is 20.3 Å². The lowest BCUT2D eigenvalue weighted by Gasteiger charge is -2.25. The minimum atomic E-state index is -4.48. The van der Waals surface area contributed by atoms with Crippen LogP contribution in [0.15, 0.2) is 17.3 Å². The molecule has 0 spiro atoms. The normalized spacial score (nSPS) is 16.9. The van der Waals surface area contributed by atoms with Gasteiger partial charge in [0, 0.05) is 12.7 Å². The molecule has 1 aromatic heterocycles. The first kappa shape index (κ1) is 14.5. The van der Waals surface area contributed by atoms with Gasteiger partial charge in [0.05, 0.1) is 0 Å². The molecule has 1 heterocycles. The highest BCUT2D eigenvalue weighted by molar-refractivity contribution is 5.77. The van der Waals surface area contributed by atoms with Gasteiger partial charge in [0.25, 0.3) is 0 Å². The Morgan fingerprint density at radius 2 is 2.20 bits per heavy atom. The van der Waals surface area contributed by atoms with Crippen molar-refractivity contribution in [3.63, 3.8) is 0 Å². The Hall–Kier alpha value is -1.86. The quantitative estimate of drug-likeness (QED) is 0.653. The molecule has 0 radical (unpaired) electrons. The second-order valence-corrected chi connectivity index (χ2v) is 4.74. The summed E-state index contributed by atoms with van der Waals surface area (Å²) in [5.41, 5.74) is 4.66. The van der Waals surface area contributed by atoms with E-state index in [1.54, 1.807) is 0 Å². The molecular weight excluding hydrogens is 271 g/mol. The molecule has 8 heteroatoms. The Balaban J connectivity index is 1.88. The van der Waals surface area contributed by atoms with Crippen molar-refractivity contribution in [1.82, 2.24) is 15.3 Å². The molecular formula is C12H16F3N5. The number of nitrogens with two attached hydrogens (primary N) is 1. The van der Waals surface area contributed by atoms with Gasteiger partial charge in [0.1, 0.15) is 18.1 Å². The van der Waals surface area contributed by atoms with Crippen molar-refractivity contribution in [3.8, 4) is 0 Å². The molecule has 0 saturated heterocycles.